The molecule has 16 heavy (non-hydrogen) atoms. The summed E-state index contributed by atoms with van der Waals surface area (Å²) >= 11 is 0. The van der Waals surface area contributed by atoms with Crippen LogP contribution < -0.4 is 4.74 Å². The lowest BCUT2D eigenvalue weighted by Crippen LogP contribution is -2.35. The van der Waals surface area contributed by atoms with Gasteiger partial charge in [-0.2, -0.15) is 0 Å². The topological polar surface area (TPSA) is 29.5 Å². The van der Waals surface area contributed by atoms with E-state index in [-0.39, 0.29) is 0 Å². The molecule has 0 radical (unpaired) electrons. The van der Waals surface area contributed by atoms with Gasteiger partial charge in [-0.05, 0) is 44.2 Å². The average molecular weight is 219 g/mol. The van der Waals surface area contributed by atoms with Crippen LogP contribution in [-0.4, -0.2) is 37.4 Å². The van der Waals surface area contributed by atoms with Crippen LogP contribution >= 0.6 is 0 Å². The van der Waals surface area contributed by atoms with Crippen molar-refractivity contribution < 1.29 is 9.53 Å². The van der Waals surface area contributed by atoms with E-state index < -0.39 is 0 Å². The summed E-state index contributed by atoms with van der Waals surface area (Å²) in [6.45, 7) is 2.19. The van der Waals surface area contributed by atoms with Crippen LogP contribution in [0.3, 0.4) is 0 Å². The highest BCUT2D eigenvalue weighted by Crippen LogP contribution is 2.18. The molecule has 0 aromatic heterocycles. The molecule has 1 aromatic rings. The molecule has 3 heteroatoms. The fourth-order valence-electron chi connectivity index (χ4n) is 1.92. The van der Waals surface area contributed by atoms with E-state index in [1.54, 1.807) is 12.1 Å². The molecule has 86 valence electrons. The molecule has 0 amide bonds. The molecule has 1 aliphatic heterocycles. The van der Waals surface area contributed by atoms with Gasteiger partial charge in [-0.1, -0.05) is 0 Å². The number of rotatable bonds is 3. The molecule has 1 heterocycles. The summed E-state index contributed by atoms with van der Waals surface area (Å²) in [4.78, 5) is 12.8. The lowest BCUT2D eigenvalue weighted by atomic mass is 10.1. The highest BCUT2D eigenvalue weighted by Gasteiger charge is 2.17. The minimum Gasteiger partial charge on any atom is -0.490 e. The summed E-state index contributed by atoms with van der Waals surface area (Å²) in [6.07, 6.45) is 3.32. The van der Waals surface area contributed by atoms with Crippen LogP contribution in [0.1, 0.15) is 23.2 Å². The van der Waals surface area contributed by atoms with Crippen LogP contribution in [0, 0.1) is 0 Å². The second-order valence-corrected chi connectivity index (χ2v) is 4.31. The van der Waals surface area contributed by atoms with Crippen LogP contribution in [0.5, 0.6) is 5.75 Å². The normalized spacial score (nSPS) is 18.3. The van der Waals surface area contributed by atoms with E-state index in [2.05, 4.69) is 11.9 Å². The molecule has 2 rings (SSSR count). The van der Waals surface area contributed by atoms with Crippen molar-refractivity contribution in [1.29, 1.82) is 0 Å². The zero-order valence-electron chi connectivity index (χ0n) is 9.56. The highest BCUT2D eigenvalue weighted by molar-refractivity contribution is 5.74. The molecule has 3 nitrogen and oxygen atoms in total. The van der Waals surface area contributed by atoms with Gasteiger partial charge in [0.15, 0.2) is 0 Å². The van der Waals surface area contributed by atoms with Crippen molar-refractivity contribution in [3.05, 3.63) is 29.8 Å². The fourth-order valence-corrected chi connectivity index (χ4v) is 1.92. The maximum absolute atomic E-state index is 10.5. The first-order valence-electron chi connectivity index (χ1n) is 5.68. The van der Waals surface area contributed by atoms with Crippen molar-refractivity contribution in [3.63, 3.8) is 0 Å². The van der Waals surface area contributed by atoms with Gasteiger partial charge in [-0.3, -0.25) is 4.79 Å². The Balaban J connectivity index is 1.91. The summed E-state index contributed by atoms with van der Waals surface area (Å²) in [6, 6.07) is 7.30. The largest absolute Gasteiger partial charge is 0.490 e. The standard InChI is InChI=1S/C13H17NO2/c1-14-8-6-13(7-9-14)16-12-4-2-11(10-15)3-5-12/h2-5,10,13H,6-9H2,1H3. The maximum atomic E-state index is 10.5. The number of ether oxygens (including phenoxy) is 1. The number of carbonyl (C=O) groups excluding carboxylic acids is 1. The van der Waals surface area contributed by atoms with E-state index in [4.69, 9.17) is 4.74 Å². The van der Waals surface area contributed by atoms with Crippen molar-refractivity contribution in [2.75, 3.05) is 20.1 Å². The van der Waals surface area contributed by atoms with Gasteiger partial charge in [0.05, 0.1) is 0 Å². The first-order chi connectivity index (χ1) is 7.78. The summed E-state index contributed by atoms with van der Waals surface area (Å²) in [5, 5.41) is 0. The molecule has 0 spiro atoms. The number of nitrogens with zero attached hydrogens (tertiary/aromatic N) is 1. The molecule has 1 fully saturated rings. The van der Waals surface area contributed by atoms with Crippen LogP contribution in [-0.2, 0) is 0 Å². The predicted molar refractivity (Wildman–Crippen MR) is 63.0 cm³/mol. The quantitative estimate of drug-likeness (QED) is 0.728. The van der Waals surface area contributed by atoms with E-state index in [1.807, 2.05) is 12.1 Å². The third kappa shape index (κ3) is 2.83. The zero-order valence-corrected chi connectivity index (χ0v) is 9.56. The predicted octanol–water partition coefficient (Wildman–Crippen LogP) is 1.97. The van der Waals surface area contributed by atoms with Gasteiger partial charge in [0.25, 0.3) is 0 Å². The molecular weight excluding hydrogens is 202 g/mol. The molecular formula is C13H17NO2. The van der Waals surface area contributed by atoms with Gasteiger partial charge < -0.3 is 9.64 Å². The number of hydrogen-bond acceptors (Lipinski definition) is 3. The van der Waals surface area contributed by atoms with Gasteiger partial charge in [-0.25, -0.2) is 0 Å². The van der Waals surface area contributed by atoms with E-state index in [0.29, 0.717) is 11.7 Å². The minimum absolute atomic E-state index is 0.318. The first kappa shape index (κ1) is 11.1. The number of carbonyl (C=O) groups is 1. The third-order valence-electron chi connectivity index (χ3n) is 2.98. The van der Waals surface area contributed by atoms with E-state index in [9.17, 15) is 4.79 Å². The second-order valence-electron chi connectivity index (χ2n) is 4.31. The van der Waals surface area contributed by atoms with Crippen molar-refractivity contribution in [2.45, 2.75) is 18.9 Å². The second kappa shape index (κ2) is 5.12. The van der Waals surface area contributed by atoms with Gasteiger partial charge in [-0.15, -0.1) is 0 Å². The minimum atomic E-state index is 0.318. The van der Waals surface area contributed by atoms with Crippen molar-refractivity contribution in [3.8, 4) is 5.75 Å². The van der Waals surface area contributed by atoms with E-state index in [1.165, 1.54) is 0 Å². The molecule has 0 unspecified atom stereocenters. The third-order valence-corrected chi connectivity index (χ3v) is 2.98. The number of aldehydes is 1. The molecule has 0 atom stereocenters. The van der Waals surface area contributed by atoms with Gasteiger partial charge in [0, 0.05) is 18.7 Å². The summed E-state index contributed by atoms with van der Waals surface area (Å²) in [7, 11) is 2.13. The fraction of sp³-hybridized carbons (Fsp3) is 0.462. The van der Waals surface area contributed by atoms with Crippen LogP contribution in [0.15, 0.2) is 24.3 Å². The van der Waals surface area contributed by atoms with Crippen LogP contribution in [0.25, 0.3) is 0 Å². The lowest BCUT2D eigenvalue weighted by Gasteiger charge is -2.29. The molecule has 0 saturated carbocycles. The summed E-state index contributed by atoms with van der Waals surface area (Å²) in [5.74, 6) is 0.861. The Hall–Kier alpha value is -1.35. The number of piperidine rings is 1. The van der Waals surface area contributed by atoms with Gasteiger partial charge >= 0.3 is 0 Å². The Kier molecular flexibility index (Phi) is 3.57. The smallest absolute Gasteiger partial charge is 0.150 e. The zero-order chi connectivity index (χ0) is 11.4. The van der Waals surface area contributed by atoms with Crippen molar-refractivity contribution in [2.24, 2.45) is 0 Å². The first-order valence-corrected chi connectivity index (χ1v) is 5.68. The molecule has 0 N–H and O–H groups in total. The Morgan fingerprint density at radius 3 is 2.44 bits per heavy atom. The highest BCUT2D eigenvalue weighted by atomic mass is 16.5. The number of likely N-dealkylation sites (tertiary alicyclic amines) is 1. The number of benzene rings is 1. The molecule has 0 bridgehead atoms. The Bertz CT molecular complexity index is 339. The Morgan fingerprint density at radius 2 is 1.88 bits per heavy atom. The average Bonchev–Trinajstić information content (AvgIpc) is 2.33. The molecule has 1 saturated heterocycles. The van der Waals surface area contributed by atoms with Crippen molar-refractivity contribution >= 4 is 6.29 Å². The maximum Gasteiger partial charge on any atom is 0.150 e. The van der Waals surface area contributed by atoms with Gasteiger partial charge in [0.2, 0.25) is 0 Å². The summed E-state index contributed by atoms with van der Waals surface area (Å²) < 4.78 is 5.86. The van der Waals surface area contributed by atoms with Gasteiger partial charge in [0.1, 0.15) is 18.1 Å². The monoisotopic (exact) mass is 219 g/mol. The molecule has 1 aromatic carbocycles. The summed E-state index contributed by atoms with van der Waals surface area (Å²) in [5.41, 5.74) is 0.690. The molecule has 1 aliphatic rings. The number of hydrogen-bond donors (Lipinski definition) is 0. The van der Waals surface area contributed by atoms with E-state index >= 15 is 0 Å². The lowest BCUT2D eigenvalue weighted by molar-refractivity contribution is 0.112. The Labute approximate surface area is 96.0 Å². The van der Waals surface area contributed by atoms with Crippen LogP contribution in [0.2, 0.25) is 0 Å². The SMILES string of the molecule is CN1CCC(Oc2ccc(C=O)cc2)CC1. The van der Waals surface area contributed by atoms with Crippen LogP contribution in [0.4, 0.5) is 0 Å². The van der Waals surface area contributed by atoms with Crippen molar-refractivity contribution in [1.82, 2.24) is 4.90 Å². The van der Waals surface area contributed by atoms with E-state index in [0.717, 1.165) is 38.0 Å². The Morgan fingerprint density at radius 1 is 1.25 bits per heavy atom. The molecule has 0 aliphatic carbocycles.